The Kier molecular flexibility index (Phi) is 8.33. The third kappa shape index (κ3) is 6.63. The number of fused-ring (bicyclic) bond motifs is 1. The van der Waals surface area contributed by atoms with Crippen molar-refractivity contribution in [3.63, 3.8) is 0 Å². The Bertz CT molecular complexity index is 1490. The zero-order valence-corrected chi connectivity index (χ0v) is 21.9. The highest BCUT2D eigenvalue weighted by molar-refractivity contribution is 6.02. The van der Waals surface area contributed by atoms with Gasteiger partial charge >= 0.3 is 12.1 Å². The minimum atomic E-state index is -4.84. The molecule has 0 unspecified atom stereocenters. The van der Waals surface area contributed by atoms with E-state index in [2.05, 4.69) is 4.98 Å². The molecule has 4 aromatic rings. The molecule has 1 heterocycles. The molecule has 3 aromatic carbocycles. The Labute approximate surface area is 224 Å². The Hall–Kier alpha value is -4.20. The summed E-state index contributed by atoms with van der Waals surface area (Å²) >= 11 is 0. The number of carbonyl (C=O) groups excluding carboxylic acids is 2. The van der Waals surface area contributed by atoms with E-state index in [1.807, 2.05) is 32.0 Å². The summed E-state index contributed by atoms with van der Waals surface area (Å²) in [4.78, 5) is 29.5. The summed E-state index contributed by atoms with van der Waals surface area (Å²) in [5, 5.41) is -0.180. The van der Waals surface area contributed by atoms with Crippen LogP contribution in [-0.2, 0) is 22.3 Å². The van der Waals surface area contributed by atoms with Crippen molar-refractivity contribution in [3.8, 4) is 16.9 Å². The van der Waals surface area contributed by atoms with E-state index in [4.69, 9.17) is 9.47 Å². The number of nitrogens with zero attached hydrogens (tertiary/aromatic N) is 1. The van der Waals surface area contributed by atoms with Crippen LogP contribution >= 0.6 is 0 Å². The highest BCUT2D eigenvalue weighted by Gasteiger charge is 2.39. The standard InChI is InChI=1S/C31H28F3NO4/c1-4-38-27(37)13-12-26(36)29-30(39-18-21-8-6-5-7-9-21)28(31(32,33)34)24-11-10-22(17-25(24)35-29)23-15-19(2)14-20(3)16-23/h5-11,14-17H,4,12-13,18H2,1-3H3. The number of halogens is 3. The van der Waals surface area contributed by atoms with Gasteiger partial charge in [-0.2, -0.15) is 13.2 Å². The topological polar surface area (TPSA) is 65.5 Å². The van der Waals surface area contributed by atoms with Crippen molar-refractivity contribution in [2.75, 3.05) is 6.61 Å². The summed E-state index contributed by atoms with van der Waals surface area (Å²) in [6.07, 6.45) is -5.49. The molecule has 0 saturated carbocycles. The molecule has 0 fully saturated rings. The fourth-order valence-electron chi connectivity index (χ4n) is 4.48. The predicted molar refractivity (Wildman–Crippen MR) is 143 cm³/mol. The average Bonchev–Trinajstić information content (AvgIpc) is 2.89. The third-order valence-corrected chi connectivity index (χ3v) is 6.13. The Morgan fingerprint density at radius 2 is 1.56 bits per heavy atom. The first-order valence-electron chi connectivity index (χ1n) is 12.6. The number of ketones is 1. The van der Waals surface area contributed by atoms with Crippen LogP contribution in [0.15, 0.2) is 66.7 Å². The van der Waals surface area contributed by atoms with Crippen molar-refractivity contribution in [3.05, 3.63) is 94.7 Å². The van der Waals surface area contributed by atoms with Gasteiger partial charge in [0.25, 0.3) is 0 Å². The SMILES string of the molecule is CCOC(=O)CCC(=O)c1nc2cc(-c3cc(C)cc(C)c3)ccc2c(C(F)(F)F)c1OCc1ccccc1. The van der Waals surface area contributed by atoms with Gasteiger partial charge in [-0.25, -0.2) is 4.98 Å². The lowest BCUT2D eigenvalue weighted by molar-refractivity contribution is -0.143. The van der Waals surface area contributed by atoms with Crippen LogP contribution in [0, 0.1) is 13.8 Å². The van der Waals surface area contributed by atoms with Gasteiger partial charge < -0.3 is 9.47 Å². The van der Waals surface area contributed by atoms with Crippen LogP contribution < -0.4 is 4.74 Å². The molecular formula is C31H28F3NO4. The molecule has 0 radical (unpaired) electrons. The maximum Gasteiger partial charge on any atom is 0.420 e. The number of hydrogen-bond acceptors (Lipinski definition) is 5. The highest BCUT2D eigenvalue weighted by Crippen LogP contribution is 2.44. The molecule has 0 atom stereocenters. The van der Waals surface area contributed by atoms with Crippen molar-refractivity contribution in [1.82, 2.24) is 4.98 Å². The van der Waals surface area contributed by atoms with Crippen LogP contribution in [0.25, 0.3) is 22.0 Å². The number of aromatic nitrogens is 1. The second kappa shape index (κ2) is 11.7. The number of benzene rings is 3. The molecule has 0 saturated heterocycles. The monoisotopic (exact) mass is 535 g/mol. The normalized spacial score (nSPS) is 11.4. The number of Topliss-reactive ketones (excluding diaryl/α,β-unsaturated/α-hetero) is 1. The van der Waals surface area contributed by atoms with E-state index in [1.165, 1.54) is 6.07 Å². The second-order valence-corrected chi connectivity index (χ2v) is 9.27. The van der Waals surface area contributed by atoms with Gasteiger partial charge in [-0.15, -0.1) is 0 Å². The van der Waals surface area contributed by atoms with Crippen LogP contribution in [0.2, 0.25) is 0 Å². The van der Waals surface area contributed by atoms with Crippen LogP contribution in [0.5, 0.6) is 5.75 Å². The Morgan fingerprint density at radius 3 is 2.21 bits per heavy atom. The molecule has 0 spiro atoms. The van der Waals surface area contributed by atoms with Crippen molar-refractivity contribution >= 4 is 22.7 Å². The van der Waals surface area contributed by atoms with Gasteiger partial charge in [-0.05, 0) is 43.5 Å². The number of ether oxygens (including phenoxy) is 2. The van der Waals surface area contributed by atoms with Crippen LogP contribution in [0.3, 0.4) is 0 Å². The van der Waals surface area contributed by atoms with E-state index in [9.17, 15) is 22.8 Å². The van der Waals surface area contributed by atoms with Crippen LogP contribution in [0.1, 0.15) is 52.5 Å². The van der Waals surface area contributed by atoms with E-state index in [1.54, 1.807) is 49.4 Å². The molecule has 202 valence electrons. The quantitative estimate of drug-likeness (QED) is 0.163. The molecule has 4 rings (SSSR count). The maximum absolute atomic E-state index is 14.6. The third-order valence-electron chi connectivity index (χ3n) is 6.13. The van der Waals surface area contributed by atoms with E-state index < -0.39 is 34.9 Å². The van der Waals surface area contributed by atoms with Crippen molar-refractivity contribution in [2.24, 2.45) is 0 Å². The number of hydrogen-bond donors (Lipinski definition) is 0. The maximum atomic E-state index is 14.6. The van der Waals surface area contributed by atoms with Gasteiger partial charge in [0, 0.05) is 11.8 Å². The smallest absolute Gasteiger partial charge is 0.420 e. The van der Waals surface area contributed by atoms with Crippen LogP contribution in [0.4, 0.5) is 13.2 Å². The van der Waals surface area contributed by atoms with Crippen molar-refractivity contribution in [1.29, 1.82) is 0 Å². The van der Waals surface area contributed by atoms with E-state index in [0.29, 0.717) is 11.1 Å². The van der Waals surface area contributed by atoms with Gasteiger partial charge in [0.15, 0.2) is 11.5 Å². The van der Waals surface area contributed by atoms with Crippen LogP contribution in [-0.4, -0.2) is 23.3 Å². The lowest BCUT2D eigenvalue weighted by Crippen LogP contribution is -2.16. The van der Waals surface area contributed by atoms with Crippen molar-refractivity contribution < 1.29 is 32.2 Å². The summed E-state index contributed by atoms with van der Waals surface area (Å²) in [5.41, 5.74) is 2.60. The minimum absolute atomic E-state index is 0.00512. The number of alkyl halides is 3. The zero-order valence-electron chi connectivity index (χ0n) is 21.9. The van der Waals surface area contributed by atoms with Gasteiger partial charge in [0.05, 0.1) is 18.5 Å². The van der Waals surface area contributed by atoms with Gasteiger partial charge in [0.1, 0.15) is 17.9 Å². The first-order chi connectivity index (χ1) is 18.6. The number of carbonyl (C=O) groups is 2. The molecule has 1 aromatic heterocycles. The van der Waals surface area contributed by atoms with E-state index in [0.717, 1.165) is 16.7 Å². The van der Waals surface area contributed by atoms with Gasteiger partial charge in [-0.3, -0.25) is 9.59 Å². The zero-order chi connectivity index (χ0) is 28.2. The van der Waals surface area contributed by atoms with Gasteiger partial charge in [-0.1, -0.05) is 71.8 Å². The highest BCUT2D eigenvalue weighted by atomic mass is 19.4. The van der Waals surface area contributed by atoms with Crippen molar-refractivity contribution in [2.45, 2.75) is 46.4 Å². The molecule has 0 bridgehead atoms. The molecule has 0 amide bonds. The molecule has 5 nitrogen and oxygen atoms in total. The molecule has 0 aliphatic rings. The van der Waals surface area contributed by atoms with Gasteiger partial charge in [0.2, 0.25) is 0 Å². The summed E-state index contributed by atoms with van der Waals surface area (Å²) in [6, 6.07) is 19.0. The average molecular weight is 536 g/mol. The lowest BCUT2D eigenvalue weighted by atomic mass is 9.97. The minimum Gasteiger partial charge on any atom is -0.486 e. The summed E-state index contributed by atoms with van der Waals surface area (Å²) in [6.45, 7) is 5.44. The Morgan fingerprint density at radius 1 is 0.872 bits per heavy atom. The first-order valence-corrected chi connectivity index (χ1v) is 12.6. The fraction of sp³-hybridized carbons (Fsp3) is 0.258. The molecule has 39 heavy (non-hydrogen) atoms. The Balaban J connectivity index is 1.88. The lowest BCUT2D eigenvalue weighted by Gasteiger charge is -2.20. The van der Waals surface area contributed by atoms with E-state index >= 15 is 0 Å². The number of rotatable bonds is 9. The summed E-state index contributed by atoms with van der Waals surface area (Å²) < 4.78 is 54.4. The molecular weight excluding hydrogens is 507 g/mol. The molecule has 0 aliphatic heterocycles. The number of aryl methyl sites for hydroxylation is 2. The molecule has 0 N–H and O–H groups in total. The second-order valence-electron chi connectivity index (χ2n) is 9.27. The number of pyridine rings is 1. The first kappa shape index (κ1) is 27.8. The molecule has 8 heteroatoms. The largest absolute Gasteiger partial charge is 0.486 e. The summed E-state index contributed by atoms with van der Waals surface area (Å²) in [5.74, 6) is -2.01. The van der Waals surface area contributed by atoms with E-state index in [-0.39, 0.29) is 37.0 Å². The predicted octanol–water partition coefficient (Wildman–Crippen LogP) is 7.64. The fourth-order valence-corrected chi connectivity index (χ4v) is 4.48. The number of esters is 1. The molecule has 0 aliphatic carbocycles. The summed E-state index contributed by atoms with van der Waals surface area (Å²) in [7, 11) is 0.